The first-order chi connectivity index (χ1) is 15.5. The lowest BCUT2D eigenvalue weighted by atomic mass is 10.1. The predicted molar refractivity (Wildman–Crippen MR) is 127 cm³/mol. The molecule has 0 spiro atoms. The highest BCUT2D eigenvalue weighted by Gasteiger charge is 2.36. The Morgan fingerprint density at radius 1 is 0.938 bits per heavy atom. The van der Waals surface area contributed by atoms with Crippen LogP contribution in [0.2, 0.25) is 5.02 Å². The minimum atomic E-state index is -0.374. The van der Waals surface area contributed by atoms with E-state index in [1.807, 2.05) is 41.1 Å². The van der Waals surface area contributed by atoms with Gasteiger partial charge in [-0.15, -0.1) is 0 Å². The molecule has 0 radical (unpaired) electrons. The van der Waals surface area contributed by atoms with E-state index in [1.165, 1.54) is 11.0 Å². The van der Waals surface area contributed by atoms with Gasteiger partial charge in [-0.1, -0.05) is 54.1 Å². The second-order valence-corrected chi connectivity index (χ2v) is 8.68. The van der Waals surface area contributed by atoms with Crippen molar-refractivity contribution in [2.75, 3.05) is 4.90 Å². The van der Waals surface area contributed by atoms with Crippen molar-refractivity contribution in [3.63, 3.8) is 0 Å². The Bertz CT molecular complexity index is 1380. The Kier molecular flexibility index (Phi) is 5.33. The van der Waals surface area contributed by atoms with Crippen molar-refractivity contribution >= 4 is 57.2 Å². The van der Waals surface area contributed by atoms with Crippen LogP contribution in [0.5, 0.6) is 0 Å². The summed E-state index contributed by atoms with van der Waals surface area (Å²) in [5, 5.41) is 0.911. The molecule has 0 atom stereocenters. The molecular weight excluding hydrogens is 447 g/mol. The summed E-state index contributed by atoms with van der Waals surface area (Å²) in [5.41, 5.74) is 2.58. The second kappa shape index (κ2) is 8.30. The number of fused-ring (bicyclic) bond motifs is 1. The summed E-state index contributed by atoms with van der Waals surface area (Å²) in [6.07, 6.45) is 3.57. The van der Waals surface area contributed by atoms with Gasteiger partial charge in [-0.2, -0.15) is 0 Å². The van der Waals surface area contributed by atoms with Crippen LogP contribution in [0.1, 0.15) is 11.1 Å². The van der Waals surface area contributed by atoms with Gasteiger partial charge in [0.05, 0.1) is 17.1 Å². The molecule has 5 rings (SSSR count). The minimum Gasteiger partial charge on any atom is -0.342 e. The van der Waals surface area contributed by atoms with Gasteiger partial charge in [-0.05, 0) is 48.2 Å². The second-order valence-electron chi connectivity index (χ2n) is 7.28. The highest BCUT2D eigenvalue weighted by atomic mass is 35.5. The van der Waals surface area contributed by atoms with E-state index < -0.39 is 0 Å². The predicted octanol–water partition coefficient (Wildman–Crippen LogP) is 6.72. The molecule has 1 aliphatic heterocycles. The molecule has 4 aromatic rings. The van der Waals surface area contributed by atoms with Gasteiger partial charge >= 0.3 is 0 Å². The van der Waals surface area contributed by atoms with Crippen LogP contribution in [0.3, 0.4) is 0 Å². The van der Waals surface area contributed by atoms with Crippen molar-refractivity contribution in [1.29, 1.82) is 0 Å². The first kappa shape index (κ1) is 20.5. The zero-order valence-corrected chi connectivity index (χ0v) is 18.2. The molecule has 158 valence electrons. The van der Waals surface area contributed by atoms with Gasteiger partial charge in [-0.3, -0.25) is 9.59 Å². The highest BCUT2D eigenvalue weighted by molar-refractivity contribution is 8.19. The van der Waals surface area contributed by atoms with Crippen molar-refractivity contribution in [2.45, 2.75) is 6.54 Å². The van der Waals surface area contributed by atoms with Gasteiger partial charge in [0.1, 0.15) is 5.82 Å². The van der Waals surface area contributed by atoms with Crippen LogP contribution in [-0.4, -0.2) is 15.7 Å². The number of carbonyl (C=O) groups excluding carboxylic acids is 2. The van der Waals surface area contributed by atoms with E-state index >= 15 is 0 Å². The van der Waals surface area contributed by atoms with Crippen LogP contribution in [0, 0.1) is 5.82 Å². The average Bonchev–Trinajstić information content (AvgIpc) is 3.28. The fourth-order valence-corrected chi connectivity index (χ4v) is 4.84. The van der Waals surface area contributed by atoms with E-state index in [9.17, 15) is 14.0 Å². The topological polar surface area (TPSA) is 42.3 Å². The molecule has 1 aromatic heterocycles. The van der Waals surface area contributed by atoms with Crippen LogP contribution >= 0.6 is 23.4 Å². The minimum absolute atomic E-state index is 0.241. The van der Waals surface area contributed by atoms with E-state index in [1.54, 1.807) is 42.5 Å². The maximum atomic E-state index is 14.4. The first-order valence-corrected chi connectivity index (χ1v) is 11.1. The quantitative estimate of drug-likeness (QED) is 0.316. The smallest absolute Gasteiger partial charge is 0.298 e. The van der Waals surface area contributed by atoms with E-state index in [4.69, 9.17) is 11.6 Å². The number of halogens is 2. The van der Waals surface area contributed by atoms with Crippen molar-refractivity contribution in [3.05, 3.63) is 106 Å². The standard InChI is InChI=1S/C25H16ClFN2O2S/c26-20-10-6-11-21(27)19(20)15-28-14-16(18-9-4-5-12-22(18)28)13-23-24(30)29(25(31)32-23)17-7-2-1-3-8-17/h1-14H,15H2/b23-13-. The Labute approximate surface area is 192 Å². The molecule has 4 nitrogen and oxygen atoms in total. The molecule has 0 unspecified atom stereocenters. The summed E-state index contributed by atoms with van der Waals surface area (Å²) < 4.78 is 16.3. The fourth-order valence-electron chi connectivity index (χ4n) is 3.78. The largest absolute Gasteiger partial charge is 0.342 e. The molecule has 1 aliphatic rings. The third-order valence-electron chi connectivity index (χ3n) is 5.30. The summed E-state index contributed by atoms with van der Waals surface area (Å²) in [7, 11) is 0. The average molecular weight is 463 g/mol. The molecule has 0 saturated carbocycles. The molecule has 0 N–H and O–H groups in total. The maximum absolute atomic E-state index is 14.4. The number of hydrogen-bond donors (Lipinski definition) is 0. The zero-order valence-electron chi connectivity index (χ0n) is 16.7. The van der Waals surface area contributed by atoms with Crippen molar-refractivity contribution in [3.8, 4) is 0 Å². The number of rotatable bonds is 4. The highest BCUT2D eigenvalue weighted by Crippen LogP contribution is 2.37. The molecule has 1 saturated heterocycles. The van der Waals surface area contributed by atoms with Crippen LogP contribution in [0.4, 0.5) is 14.9 Å². The SMILES string of the molecule is O=C1S/C(=C\c2cn(Cc3c(F)cccc3Cl)c3ccccc23)C(=O)N1c1ccccc1. The molecule has 2 amide bonds. The molecule has 0 aliphatic carbocycles. The lowest BCUT2D eigenvalue weighted by molar-refractivity contribution is -0.113. The van der Waals surface area contributed by atoms with Gasteiger partial charge in [0, 0.05) is 33.2 Å². The third-order valence-corrected chi connectivity index (χ3v) is 6.53. The molecule has 0 bridgehead atoms. The number of imide groups is 1. The van der Waals surface area contributed by atoms with Crippen LogP contribution < -0.4 is 4.90 Å². The van der Waals surface area contributed by atoms with Crippen LogP contribution in [-0.2, 0) is 11.3 Å². The molecule has 3 aromatic carbocycles. The summed E-state index contributed by atoms with van der Waals surface area (Å²) in [5.74, 6) is -0.735. The summed E-state index contributed by atoms with van der Waals surface area (Å²) in [6, 6.07) is 21.1. The number of benzene rings is 3. The lowest BCUT2D eigenvalue weighted by Crippen LogP contribution is -2.27. The molecule has 7 heteroatoms. The number of amides is 2. The first-order valence-electron chi connectivity index (χ1n) is 9.86. The molecule has 2 heterocycles. The number of hydrogen-bond acceptors (Lipinski definition) is 3. The van der Waals surface area contributed by atoms with Crippen molar-refractivity contribution < 1.29 is 14.0 Å². The van der Waals surface area contributed by atoms with Crippen molar-refractivity contribution in [2.24, 2.45) is 0 Å². The van der Waals surface area contributed by atoms with Gasteiger partial charge < -0.3 is 4.57 Å². The number of aromatic nitrogens is 1. The number of thioether (sulfide) groups is 1. The van der Waals surface area contributed by atoms with Crippen molar-refractivity contribution in [1.82, 2.24) is 4.57 Å². The van der Waals surface area contributed by atoms with Gasteiger partial charge in [0.25, 0.3) is 11.1 Å². The Morgan fingerprint density at radius 3 is 2.47 bits per heavy atom. The molecule has 32 heavy (non-hydrogen) atoms. The van der Waals surface area contributed by atoms with Crippen LogP contribution in [0.25, 0.3) is 17.0 Å². The summed E-state index contributed by atoms with van der Waals surface area (Å²) in [6.45, 7) is 0.241. The number of nitrogens with zero attached hydrogens (tertiary/aromatic N) is 2. The number of anilines is 1. The van der Waals surface area contributed by atoms with Gasteiger partial charge in [0.15, 0.2) is 0 Å². The summed E-state index contributed by atoms with van der Waals surface area (Å²) in [4.78, 5) is 27.0. The van der Waals surface area contributed by atoms with E-state index in [-0.39, 0.29) is 23.5 Å². The molecular formula is C25H16ClFN2O2S. The normalized spacial score (nSPS) is 15.3. The van der Waals surface area contributed by atoms with E-state index in [0.717, 1.165) is 28.2 Å². The Balaban J connectivity index is 1.55. The lowest BCUT2D eigenvalue weighted by Gasteiger charge is -2.11. The summed E-state index contributed by atoms with van der Waals surface area (Å²) >= 11 is 7.13. The van der Waals surface area contributed by atoms with Crippen LogP contribution in [0.15, 0.2) is 83.9 Å². The van der Waals surface area contributed by atoms with E-state index in [0.29, 0.717) is 21.2 Å². The van der Waals surface area contributed by atoms with E-state index in [2.05, 4.69) is 0 Å². The monoisotopic (exact) mass is 462 g/mol. The van der Waals surface area contributed by atoms with Gasteiger partial charge in [0.2, 0.25) is 0 Å². The fraction of sp³-hybridized carbons (Fsp3) is 0.0400. The maximum Gasteiger partial charge on any atom is 0.298 e. The number of carbonyl (C=O) groups is 2. The van der Waals surface area contributed by atoms with Gasteiger partial charge in [-0.25, -0.2) is 9.29 Å². The Morgan fingerprint density at radius 2 is 1.69 bits per heavy atom. The Hall–Kier alpha value is -3.35. The molecule has 1 fully saturated rings. The third kappa shape index (κ3) is 3.61. The zero-order chi connectivity index (χ0) is 22.2. The number of para-hydroxylation sites is 2.